The number of hydrogen-bond acceptors (Lipinski definition) is 5. The molecule has 0 fully saturated rings. The number of rotatable bonds is 6. The van der Waals surface area contributed by atoms with Crippen LogP contribution in [0.1, 0.15) is 27.0 Å². The second-order valence-electron chi connectivity index (χ2n) is 7.15. The molecule has 0 spiro atoms. The van der Waals surface area contributed by atoms with Crippen molar-refractivity contribution in [1.29, 1.82) is 0 Å². The number of methoxy groups -OCH3 is 2. The number of Topliss-reactive ketones (excluding diaryl/α,β-unsaturated/α-hetero) is 1. The SMILES string of the molecule is COc1ccc(OC)c(/C=C2\Oc3cc(OCc4c(F)cccc4Cl)cc(C)c3C2=O)c1. The quantitative estimate of drug-likeness (QED) is 0.427. The summed E-state index contributed by atoms with van der Waals surface area (Å²) in [7, 11) is 3.11. The largest absolute Gasteiger partial charge is 0.497 e. The first-order valence-corrected chi connectivity index (χ1v) is 10.2. The van der Waals surface area contributed by atoms with Crippen LogP contribution in [-0.4, -0.2) is 20.0 Å². The van der Waals surface area contributed by atoms with Gasteiger partial charge < -0.3 is 18.9 Å². The van der Waals surface area contributed by atoms with E-state index in [1.54, 1.807) is 63.6 Å². The molecule has 7 heteroatoms. The number of fused-ring (bicyclic) bond motifs is 1. The third-order valence-electron chi connectivity index (χ3n) is 5.11. The highest BCUT2D eigenvalue weighted by Crippen LogP contribution is 2.39. The minimum Gasteiger partial charge on any atom is -0.497 e. The van der Waals surface area contributed by atoms with E-state index in [0.717, 1.165) is 0 Å². The van der Waals surface area contributed by atoms with Crippen LogP contribution in [0.3, 0.4) is 0 Å². The molecule has 1 aliphatic rings. The Morgan fingerprint density at radius 3 is 2.59 bits per heavy atom. The summed E-state index contributed by atoms with van der Waals surface area (Å²) in [6.45, 7) is 1.74. The molecule has 5 nitrogen and oxygen atoms in total. The molecule has 0 aliphatic carbocycles. The lowest BCUT2D eigenvalue weighted by Gasteiger charge is -2.11. The Kier molecular flexibility index (Phi) is 6.06. The minimum absolute atomic E-state index is 0.0542. The van der Waals surface area contributed by atoms with Gasteiger partial charge in [-0.15, -0.1) is 0 Å². The van der Waals surface area contributed by atoms with Crippen LogP contribution in [0, 0.1) is 12.7 Å². The Hall–Kier alpha value is -3.51. The van der Waals surface area contributed by atoms with Crippen LogP contribution in [-0.2, 0) is 6.61 Å². The van der Waals surface area contributed by atoms with Crippen molar-refractivity contribution in [3.63, 3.8) is 0 Å². The Morgan fingerprint density at radius 2 is 1.88 bits per heavy atom. The first-order chi connectivity index (χ1) is 15.4. The van der Waals surface area contributed by atoms with E-state index in [1.165, 1.54) is 12.1 Å². The monoisotopic (exact) mass is 454 g/mol. The Bertz CT molecular complexity index is 1210. The normalized spacial score (nSPS) is 13.7. The van der Waals surface area contributed by atoms with Crippen LogP contribution in [0.15, 0.2) is 54.3 Å². The van der Waals surface area contributed by atoms with Gasteiger partial charge in [0.2, 0.25) is 5.78 Å². The molecule has 0 amide bonds. The Labute approximate surface area is 189 Å². The highest BCUT2D eigenvalue weighted by molar-refractivity contribution is 6.31. The van der Waals surface area contributed by atoms with Crippen molar-refractivity contribution in [3.05, 3.63) is 87.4 Å². The molecule has 0 unspecified atom stereocenters. The second-order valence-corrected chi connectivity index (χ2v) is 7.56. The lowest BCUT2D eigenvalue weighted by Crippen LogP contribution is -2.01. The fourth-order valence-electron chi connectivity index (χ4n) is 3.48. The fraction of sp³-hybridized carbons (Fsp3) is 0.160. The number of halogens is 2. The maximum Gasteiger partial charge on any atom is 0.232 e. The molecule has 0 aromatic heterocycles. The molecule has 0 N–H and O–H groups in total. The fourth-order valence-corrected chi connectivity index (χ4v) is 3.70. The molecule has 4 rings (SSSR count). The molecular formula is C25H20ClFO5. The summed E-state index contributed by atoms with van der Waals surface area (Å²) in [6.07, 6.45) is 1.61. The maximum atomic E-state index is 14.0. The van der Waals surface area contributed by atoms with Gasteiger partial charge in [0.15, 0.2) is 5.76 Å². The van der Waals surface area contributed by atoms with Crippen molar-refractivity contribution >= 4 is 23.5 Å². The number of aryl methyl sites for hydroxylation is 1. The van der Waals surface area contributed by atoms with Gasteiger partial charge in [-0.25, -0.2) is 4.39 Å². The average molecular weight is 455 g/mol. The zero-order valence-electron chi connectivity index (χ0n) is 17.7. The number of ether oxygens (including phenoxy) is 4. The van der Waals surface area contributed by atoms with Crippen LogP contribution in [0.25, 0.3) is 6.08 Å². The van der Waals surface area contributed by atoms with Gasteiger partial charge in [-0.3, -0.25) is 4.79 Å². The number of allylic oxidation sites excluding steroid dienone is 1. The maximum absolute atomic E-state index is 14.0. The van der Waals surface area contributed by atoms with Gasteiger partial charge >= 0.3 is 0 Å². The van der Waals surface area contributed by atoms with Crippen molar-refractivity contribution in [2.24, 2.45) is 0 Å². The second kappa shape index (κ2) is 8.93. The summed E-state index contributed by atoms with van der Waals surface area (Å²) < 4.78 is 36.2. The Morgan fingerprint density at radius 1 is 1.06 bits per heavy atom. The van der Waals surface area contributed by atoms with E-state index < -0.39 is 5.82 Å². The van der Waals surface area contributed by atoms with Crippen LogP contribution >= 0.6 is 11.6 Å². The standard InChI is InChI=1S/C25H20ClFO5/c1-14-9-17(31-13-18-19(26)5-4-6-20(18)27)12-22-24(14)25(28)23(32-22)11-15-10-16(29-2)7-8-21(15)30-3/h4-12H,13H2,1-3H3/b23-11-. The van der Waals surface area contributed by atoms with Crippen molar-refractivity contribution in [2.75, 3.05) is 14.2 Å². The Balaban J connectivity index is 1.62. The molecule has 3 aromatic carbocycles. The number of ketones is 1. The zero-order valence-corrected chi connectivity index (χ0v) is 18.5. The van der Waals surface area contributed by atoms with Gasteiger partial charge in [-0.2, -0.15) is 0 Å². The van der Waals surface area contributed by atoms with E-state index in [9.17, 15) is 9.18 Å². The van der Waals surface area contributed by atoms with Crippen molar-refractivity contribution in [2.45, 2.75) is 13.5 Å². The molecule has 164 valence electrons. The predicted octanol–water partition coefficient (Wildman–Crippen LogP) is 6.00. The molecule has 1 heterocycles. The third-order valence-corrected chi connectivity index (χ3v) is 5.47. The minimum atomic E-state index is -0.445. The van der Waals surface area contributed by atoms with Crippen LogP contribution in [0.4, 0.5) is 4.39 Å². The van der Waals surface area contributed by atoms with Crippen molar-refractivity contribution in [3.8, 4) is 23.0 Å². The summed E-state index contributed by atoms with van der Waals surface area (Å²) in [5.74, 6) is 1.48. The summed E-state index contributed by atoms with van der Waals surface area (Å²) in [5.41, 5.74) is 2.04. The predicted molar refractivity (Wildman–Crippen MR) is 119 cm³/mol. The van der Waals surface area contributed by atoms with Crippen LogP contribution in [0.5, 0.6) is 23.0 Å². The topological polar surface area (TPSA) is 54.0 Å². The van der Waals surface area contributed by atoms with Crippen LogP contribution < -0.4 is 18.9 Å². The molecule has 1 aliphatic heterocycles. The first-order valence-electron chi connectivity index (χ1n) is 9.78. The lowest BCUT2D eigenvalue weighted by molar-refractivity contribution is 0.101. The summed E-state index contributed by atoms with van der Waals surface area (Å²) in [5, 5.41) is 0.284. The van der Waals surface area contributed by atoms with Crippen LogP contribution in [0.2, 0.25) is 5.02 Å². The van der Waals surface area contributed by atoms with E-state index in [-0.39, 0.29) is 28.7 Å². The summed E-state index contributed by atoms with van der Waals surface area (Å²) in [4.78, 5) is 13.0. The zero-order chi connectivity index (χ0) is 22.8. The van der Waals surface area contributed by atoms with E-state index in [2.05, 4.69) is 0 Å². The number of carbonyl (C=O) groups is 1. The molecule has 0 radical (unpaired) electrons. The molecule has 0 atom stereocenters. The number of benzene rings is 3. The van der Waals surface area contributed by atoms with E-state index in [0.29, 0.717) is 39.7 Å². The van der Waals surface area contributed by atoms with Crippen molar-refractivity contribution < 1.29 is 28.1 Å². The van der Waals surface area contributed by atoms with E-state index in [4.69, 9.17) is 30.5 Å². The molecule has 0 bridgehead atoms. The average Bonchev–Trinajstić information content (AvgIpc) is 3.08. The van der Waals surface area contributed by atoms with E-state index >= 15 is 0 Å². The lowest BCUT2D eigenvalue weighted by atomic mass is 10.0. The molecule has 0 saturated carbocycles. The van der Waals surface area contributed by atoms with E-state index in [1.807, 2.05) is 0 Å². The highest BCUT2D eigenvalue weighted by atomic mass is 35.5. The molecule has 0 saturated heterocycles. The van der Waals surface area contributed by atoms with Gasteiger partial charge in [0, 0.05) is 17.2 Å². The van der Waals surface area contributed by atoms with Gasteiger partial charge in [-0.05, 0) is 55.0 Å². The third kappa shape index (κ3) is 4.14. The number of hydrogen-bond donors (Lipinski definition) is 0. The molecule has 32 heavy (non-hydrogen) atoms. The molecule has 3 aromatic rings. The van der Waals surface area contributed by atoms with Gasteiger partial charge in [0.05, 0.1) is 24.8 Å². The van der Waals surface area contributed by atoms with Gasteiger partial charge in [-0.1, -0.05) is 17.7 Å². The van der Waals surface area contributed by atoms with Gasteiger partial charge in [0.25, 0.3) is 0 Å². The highest BCUT2D eigenvalue weighted by Gasteiger charge is 2.30. The van der Waals surface area contributed by atoms with Crippen molar-refractivity contribution in [1.82, 2.24) is 0 Å². The summed E-state index contributed by atoms with van der Waals surface area (Å²) >= 11 is 6.07. The first kappa shape index (κ1) is 21.7. The summed E-state index contributed by atoms with van der Waals surface area (Å²) in [6, 6.07) is 13.1. The smallest absolute Gasteiger partial charge is 0.232 e. The number of carbonyl (C=O) groups excluding carboxylic acids is 1. The molecular weight excluding hydrogens is 435 g/mol. The van der Waals surface area contributed by atoms with Gasteiger partial charge in [0.1, 0.15) is 35.4 Å².